The summed E-state index contributed by atoms with van der Waals surface area (Å²) >= 11 is 1.67. The topological polar surface area (TPSA) is 74.7 Å². The first kappa shape index (κ1) is 20.0. The van der Waals surface area contributed by atoms with Crippen molar-refractivity contribution in [3.63, 3.8) is 0 Å². The number of nitrogens with zero attached hydrogens (tertiary/aromatic N) is 6. The summed E-state index contributed by atoms with van der Waals surface area (Å²) in [7, 11) is 1.68. The highest BCUT2D eigenvalue weighted by atomic mass is 32.1. The summed E-state index contributed by atoms with van der Waals surface area (Å²) in [5.41, 5.74) is 0.980. The first-order valence-electron chi connectivity index (χ1n) is 10.7. The molecule has 1 amide bonds. The number of rotatable bonds is 4. The maximum Gasteiger partial charge on any atom is 0.227 e. The number of piperazine rings is 1. The molecule has 0 aliphatic carbocycles. The molecule has 0 N–H and O–H groups in total. The fourth-order valence-electron chi connectivity index (χ4n) is 4.35. The molecular formula is C22H26N6O2S. The minimum atomic E-state index is 0.0230. The standard InChI is InChI=1S/C22H26N6O2S/c1-30-17-5-6-18-19(14-17)31-22(25-18)28-9-2-4-16(15-28)20(29)26-10-12-27(13-11-26)21-23-7-3-8-24-21/h3,5-8,14,16H,2,4,9-13,15H2,1H3. The van der Waals surface area contributed by atoms with E-state index in [-0.39, 0.29) is 11.8 Å². The van der Waals surface area contributed by atoms with Crippen LogP contribution in [-0.4, -0.2) is 72.1 Å². The van der Waals surface area contributed by atoms with Crippen LogP contribution in [0.15, 0.2) is 36.7 Å². The van der Waals surface area contributed by atoms with Gasteiger partial charge in [0, 0.05) is 51.7 Å². The minimum absolute atomic E-state index is 0.0230. The van der Waals surface area contributed by atoms with Gasteiger partial charge in [-0.15, -0.1) is 0 Å². The monoisotopic (exact) mass is 438 g/mol. The van der Waals surface area contributed by atoms with Crippen LogP contribution in [-0.2, 0) is 4.79 Å². The van der Waals surface area contributed by atoms with E-state index in [1.165, 1.54) is 0 Å². The highest BCUT2D eigenvalue weighted by Crippen LogP contribution is 2.34. The van der Waals surface area contributed by atoms with Crippen molar-refractivity contribution in [1.29, 1.82) is 0 Å². The number of benzene rings is 1. The van der Waals surface area contributed by atoms with Crippen molar-refractivity contribution < 1.29 is 9.53 Å². The van der Waals surface area contributed by atoms with Gasteiger partial charge in [0.15, 0.2) is 5.13 Å². The number of carbonyl (C=O) groups excluding carboxylic acids is 1. The molecule has 2 saturated heterocycles. The molecule has 1 unspecified atom stereocenters. The molecule has 2 aliphatic heterocycles. The van der Waals surface area contributed by atoms with Crippen molar-refractivity contribution in [1.82, 2.24) is 19.9 Å². The number of methoxy groups -OCH3 is 1. The van der Waals surface area contributed by atoms with Crippen molar-refractivity contribution >= 4 is 38.5 Å². The second kappa shape index (κ2) is 8.66. The lowest BCUT2D eigenvalue weighted by atomic mass is 9.96. The number of anilines is 2. The fourth-order valence-corrected chi connectivity index (χ4v) is 5.38. The molecule has 1 aromatic carbocycles. The zero-order valence-electron chi connectivity index (χ0n) is 17.6. The van der Waals surface area contributed by atoms with E-state index in [9.17, 15) is 4.79 Å². The quantitative estimate of drug-likeness (QED) is 0.620. The summed E-state index contributed by atoms with van der Waals surface area (Å²) in [4.78, 5) is 33.1. The van der Waals surface area contributed by atoms with Gasteiger partial charge in [-0.05, 0) is 37.1 Å². The van der Waals surface area contributed by atoms with E-state index >= 15 is 0 Å². The van der Waals surface area contributed by atoms with Crippen LogP contribution in [0.1, 0.15) is 12.8 Å². The molecule has 4 heterocycles. The second-order valence-corrected chi connectivity index (χ2v) is 8.99. The van der Waals surface area contributed by atoms with Crippen molar-refractivity contribution in [3.05, 3.63) is 36.7 Å². The number of thiazole rings is 1. The number of ether oxygens (including phenoxy) is 1. The third-order valence-corrected chi connectivity index (χ3v) is 7.13. The molecule has 0 bridgehead atoms. The van der Waals surface area contributed by atoms with Crippen LogP contribution in [0.5, 0.6) is 5.75 Å². The lowest BCUT2D eigenvalue weighted by Crippen LogP contribution is -2.53. The summed E-state index contributed by atoms with van der Waals surface area (Å²) in [6.07, 6.45) is 5.47. The zero-order chi connectivity index (χ0) is 21.2. The highest BCUT2D eigenvalue weighted by Gasteiger charge is 2.32. The van der Waals surface area contributed by atoms with Crippen molar-refractivity contribution in [2.75, 3.05) is 56.2 Å². The Hall–Kier alpha value is -2.94. The summed E-state index contributed by atoms with van der Waals surface area (Å²) in [6.45, 7) is 4.65. The van der Waals surface area contributed by atoms with Gasteiger partial charge in [-0.25, -0.2) is 15.0 Å². The Morgan fingerprint density at radius 1 is 1.10 bits per heavy atom. The van der Waals surface area contributed by atoms with Crippen LogP contribution in [0.3, 0.4) is 0 Å². The van der Waals surface area contributed by atoms with Crippen LogP contribution in [0.25, 0.3) is 10.2 Å². The van der Waals surface area contributed by atoms with E-state index in [4.69, 9.17) is 9.72 Å². The molecule has 0 radical (unpaired) electrons. The summed E-state index contributed by atoms with van der Waals surface area (Å²) in [5, 5.41) is 0.992. The maximum atomic E-state index is 13.2. The van der Waals surface area contributed by atoms with Gasteiger partial charge in [-0.2, -0.15) is 0 Å². The minimum Gasteiger partial charge on any atom is -0.497 e. The smallest absolute Gasteiger partial charge is 0.227 e. The van der Waals surface area contributed by atoms with Crippen LogP contribution < -0.4 is 14.5 Å². The largest absolute Gasteiger partial charge is 0.497 e. The van der Waals surface area contributed by atoms with Crippen LogP contribution >= 0.6 is 11.3 Å². The lowest BCUT2D eigenvalue weighted by Gasteiger charge is -2.39. The van der Waals surface area contributed by atoms with Gasteiger partial charge in [0.1, 0.15) is 5.75 Å². The molecule has 3 aromatic rings. The lowest BCUT2D eigenvalue weighted by molar-refractivity contribution is -0.136. The van der Waals surface area contributed by atoms with Crippen LogP contribution in [0.2, 0.25) is 0 Å². The van der Waals surface area contributed by atoms with Crippen LogP contribution in [0, 0.1) is 5.92 Å². The van der Waals surface area contributed by atoms with E-state index in [2.05, 4.69) is 19.8 Å². The number of carbonyl (C=O) groups is 1. The number of amides is 1. The number of piperidine rings is 1. The summed E-state index contributed by atoms with van der Waals surface area (Å²) < 4.78 is 6.45. The first-order chi connectivity index (χ1) is 15.2. The molecule has 31 heavy (non-hydrogen) atoms. The van der Waals surface area contributed by atoms with E-state index in [1.54, 1.807) is 30.8 Å². The molecule has 162 valence electrons. The molecule has 9 heteroatoms. The summed E-state index contributed by atoms with van der Waals surface area (Å²) in [6, 6.07) is 7.78. The van der Waals surface area contributed by atoms with Crippen molar-refractivity contribution in [2.45, 2.75) is 12.8 Å². The predicted octanol–water partition coefficient (Wildman–Crippen LogP) is 2.66. The van der Waals surface area contributed by atoms with Crippen LogP contribution in [0.4, 0.5) is 11.1 Å². The molecular weight excluding hydrogens is 412 g/mol. The zero-order valence-corrected chi connectivity index (χ0v) is 18.4. The molecule has 1 atom stereocenters. The Labute approximate surface area is 185 Å². The average Bonchev–Trinajstić information content (AvgIpc) is 3.28. The Balaban J connectivity index is 1.23. The third kappa shape index (κ3) is 4.14. The van der Waals surface area contributed by atoms with E-state index in [1.807, 2.05) is 29.2 Å². The van der Waals surface area contributed by atoms with E-state index in [0.717, 1.165) is 66.1 Å². The van der Waals surface area contributed by atoms with Gasteiger partial charge in [-0.3, -0.25) is 4.79 Å². The highest BCUT2D eigenvalue weighted by molar-refractivity contribution is 7.22. The molecule has 0 saturated carbocycles. The van der Waals surface area contributed by atoms with Gasteiger partial charge in [0.2, 0.25) is 11.9 Å². The maximum absolute atomic E-state index is 13.2. The molecule has 0 spiro atoms. The third-order valence-electron chi connectivity index (χ3n) is 6.05. The molecule has 5 rings (SSSR count). The van der Waals surface area contributed by atoms with Gasteiger partial charge in [-0.1, -0.05) is 11.3 Å². The second-order valence-electron chi connectivity index (χ2n) is 7.98. The number of hydrogen-bond acceptors (Lipinski definition) is 8. The number of hydrogen-bond donors (Lipinski definition) is 0. The first-order valence-corrected chi connectivity index (χ1v) is 11.5. The van der Waals surface area contributed by atoms with E-state index in [0.29, 0.717) is 13.1 Å². The Morgan fingerprint density at radius 3 is 2.68 bits per heavy atom. The van der Waals surface area contributed by atoms with Gasteiger partial charge >= 0.3 is 0 Å². The molecule has 2 fully saturated rings. The SMILES string of the molecule is COc1ccc2nc(N3CCCC(C(=O)N4CCN(c5ncccn5)CC4)C3)sc2c1. The average molecular weight is 439 g/mol. The molecule has 2 aromatic heterocycles. The van der Waals surface area contributed by atoms with Gasteiger partial charge < -0.3 is 19.4 Å². The predicted molar refractivity (Wildman–Crippen MR) is 122 cm³/mol. The van der Waals surface area contributed by atoms with Gasteiger partial charge in [0.25, 0.3) is 0 Å². The van der Waals surface area contributed by atoms with Gasteiger partial charge in [0.05, 0.1) is 23.2 Å². The Bertz CT molecular complexity index is 1050. The number of fused-ring (bicyclic) bond motifs is 1. The number of aromatic nitrogens is 3. The Morgan fingerprint density at radius 2 is 1.90 bits per heavy atom. The summed E-state index contributed by atoms with van der Waals surface area (Å²) in [5.74, 6) is 1.87. The van der Waals surface area contributed by atoms with E-state index < -0.39 is 0 Å². The molecule has 2 aliphatic rings. The molecule has 8 nitrogen and oxygen atoms in total. The fraction of sp³-hybridized carbons (Fsp3) is 0.455. The van der Waals surface area contributed by atoms with Crippen molar-refractivity contribution in [3.8, 4) is 5.75 Å². The normalized spacial score (nSPS) is 19.6. The van der Waals surface area contributed by atoms with Crippen molar-refractivity contribution in [2.24, 2.45) is 5.92 Å². The Kier molecular flexibility index (Phi) is 5.59.